The zero-order valence-electron chi connectivity index (χ0n) is 11.4. The van der Waals surface area contributed by atoms with Crippen LogP contribution in [0.5, 0.6) is 0 Å². The van der Waals surface area contributed by atoms with Gasteiger partial charge in [-0.15, -0.1) is 11.3 Å². The molecule has 4 nitrogen and oxygen atoms in total. The van der Waals surface area contributed by atoms with Crippen molar-refractivity contribution in [2.24, 2.45) is 0 Å². The Balaban J connectivity index is 1.92. The Hall–Kier alpha value is -1.63. The van der Waals surface area contributed by atoms with Crippen LogP contribution in [-0.4, -0.2) is 11.1 Å². The third-order valence-corrected chi connectivity index (χ3v) is 4.88. The number of carbonyl (C=O) groups is 1. The molecule has 0 saturated heterocycles. The summed E-state index contributed by atoms with van der Waals surface area (Å²) in [4.78, 5) is 13.4. The van der Waals surface area contributed by atoms with Gasteiger partial charge in [0, 0.05) is 10.7 Å². The molecule has 22 heavy (non-hydrogen) atoms. The van der Waals surface area contributed by atoms with Crippen molar-refractivity contribution in [1.82, 2.24) is 5.16 Å². The van der Waals surface area contributed by atoms with E-state index in [1.54, 1.807) is 31.2 Å². The molecule has 0 radical (unpaired) electrons. The zero-order valence-corrected chi connectivity index (χ0v) is 14.6. The van der Waals surface area contributed by atoms with Gasteiger partial charge in [0.25, 0.3) is 5.91 Å². The van der Waals surface area contributed by atoms with E-state index in [0.717, 1.165) is 8.66 Å². The number of halogens is 2. The molecule has 1 N–H and O–H groups in total. The Morgan fingerprint density at radius 2 is 2.00 bits per heavy atom. The molecule has 0 aliphatic rings. The van der Waals surface area contributed by atoms with E-state index in [2.05, 4.69) is 26.4 Å². The van der Waals surface area contributed by atoms with Crippen molar-refractivity contribution < 1.29 is 9.32 Å². The normalized spacial score (nSPS) is 10.7. The summed E-state index contributed by atoms with van der Waals surface area (Å²) in [6.45, 7) is 1.72. The molecule has 0 aliphatic carbocycles. The predicted octanol–water partition coefficient (Wildman–Crippen LogP) is 5.38. The van der Waals surface area contributed by atoms with Crippen molar-refractivity contribution in [3.63, 3.8) is 0 Å². The monoisotopic (exact) mass is 396 g/mol. The molecular weight excluding hydrogens is 388 g/mol. The van der Waals surface area contributed by atoms with Gasteiger partial charge in [-0.3, -0.25) is 4.79 Å². The van der Waals surface area contributed by atoms with Crippen LogP contribution in [0, 0.1) is 6.92 Å². The molecule has 3 rings (SSSR count). The molecule has 1 aromatic carbocycles. The lowest BCUT2D eigenvalue weighted by Gasteiger charge is -2.05. The summed E-state index contributed by atoms with van der Waals surface area (Å²) < 4.78 is 6.16. The van der Waals surface area contributed by atoms with Crippen molar-refractivity contribution >= 4 is 50.5 Å². The number of rotatable bonds is 3. The van der Waals surface area contributed by atoms with Crippen LogP contribution in [0.15, 0.2) is 44.7 Å². The number of thiophene rings is 1. The Bertz CT molecular complexity index is 826. The average molecular weight is 398 g/mol. The van der Waals surface area contributed by atoms with E-state index >= 15 is 0 Å². The summed E-state index contributed by atoms with van der Waals surface area (Å²) in [7, 11) is 0. The van der Waals surface area contributed by atoms with Gasteiger partial charge >= 0.3 is 0 Å². The molecule has 2 heterocycles. The summed E-state index contributed by atoms with van der Waals surface area (Å²) in [6, 6.07) is 10.7. The molecule has 0 bridgehead atoms. The smallest absolute Gasteiger partial charge is 0.261 e. The fraction of sp³-hybridized carbons (Fsp3) is 0.0667. The van der Waals surface area contributed by atoms with Gasteiger partial charge in [0.05, 0.1) is 8.66 Å². The number of anilines is 1. The minimum absolute atomic E-state index is 0.263. The lowest BCUT2D eigenvalue weighted by molar-refractivity contribution is 0.102. The predicted molar refractivity (Wildman–Crippen MR) is 91.7 cm³/mol. The third kappa shape index (κ3) is 3.09. The van der Waals surface area contributed by atoms with Crippen LogP contribution in [0.3, 0.4) is 0 Å². The standard InChI is InChI=1S/C15H10BrClN2O2S/c1-8-13(14(19-21-8)11-6-7-12(16)22-11)15(20)18-10-4-2-9(17)3-5-10/h2-7H,1H3,(H,18,20). The lowest BCUT2D eigenvalue weighted by Crippen LogP contribution is -2.13. The largest absolute Gasteiger partial charge is 0.360 e. The molecule has 2 aromatic heterocycles. The number of aromatic nitrogens is 1. The highest BCUT2D eigenvalue weighted by Crippen LogP contribution is 2.34. The SMILES string of the molecule is Cc1onc(-c2ccc(Br)s2)c1C(=O)Nc1ccc(Cl)cc1. The van der Waals surface area contributed by atoms with E-state index < -0.39 is 0 Å². The van der Waals surface area contributed by atoms with Gasteiger partial charge in [0.1, 0.15) is 17.0 Å². The van der Waals surface area contributed by atoms with Crippen LogP contribution in [-0.2, 0) is 0 Å². The number of aryl methyl sites for hydroxylation is 1. The molecule has 7 heteroatoms. The number of nitrogens with one attached hydrogen (secondary N) is 1. The van der Waals surface area contributed by atoms with E-state index in [4.69, 9.17) is 16.1 Å². The molecule has 0 aliphatic heterocycles. The minimum atomic E-state index is -0.263. The highest BCUT2D eigenvalue weighted by atomic mass is 79.9. The quantitative estimate of drug-likeness (QED) is 0.645. The molecule has 1 amide bonds. The zero-order chi connectivity index (χ0) is 15.7. The average Bonchev–Trinajstić information content (AvgIpc) is 3.07. The van der Waals surface area contributed by atoms with Gasteiger partial charge in [-0.25, -0.2) is 0 Å². The van der Waals surface area contributed by atoms with Gasteiger partial charge in [-0.1, -0.05) is 16.8 Å². The van der Waals surface area contributed by atoms with Crippen LogP contribution >= 0.6 is 38.9 Å². The van der Waals surface area contributed by atoms with E-state index in [1.807, 2.05) is 12.1 Å². The Morgan fingerprint density at radius 3 is 2.64 bits per heavy atom. The maximum absolute atomic E-state index is 12.5. The molecular formula is C15H10BrClN2O2S. The molecule has 0 fully saturated rings. The number of carbonyl (C=O) groups excluding carboxylic acids is 1. The van der Waals surface area contributed by atoms with Gasteiger partial charge < -0.3 is 9.84 Å². The Kier molecular flexibility index (Phi) is 4.33. The van der Waals surface area contributed by atoms with Crippen LogP contribution in [0.1, 0.15) is 16.1 Å². The third-order valence-electron chi connectivity index (χ3n) is 3.00. The second-order valence-electron chi connectivity index (χ2n) is 4.53. The molecule has 0 spiro atoms. The molecule has 3 aromatic rings. The second-order valence-corrected chi connectivity index (χ2v) is 7.43. The maximum Gasteiger partial charge on any atom is 0.261 e. The maximum atomic E-state index is 12.5. The van der Waals surface area contributed by atoms with Crippen molar-refractivity contribution in [2.75, 3.05) is 5.32 Å². The highest BCUT2D eigenvalue weighted by molar-refractivity contribution is 9.11. The summed E-state index contributed by atoms with van der Waals surface area (Å²) in [6.07, 6.45) is 0. The summed E-state index contributed by atoms with van der Waals surface area (Å²) >= 11 is 10.7. The number of nitrogens with zero attached hydrogens (tertiary/aromatic N) is 1. The van der Waals surface area contributed by atoms with Crippen molar-refractivity contribution in [3.05, 3.63) is 56.5 Å². The van der Waals surface area contributed by atoms with Crippen molar-refractivity contribution in [3.8, 4) is 10.6 Å². The first-order chi connectivity index (χ1) is 10.5. The molecule has 0 saturated carbocycles. The molecule has 0 atom stereocenters. The first-order valence-corrected chi connectivity index (χ1v) is 8.32. The number of hydrogen-bond donors (Lipinski definition) is 1. The first kappa shape index (κ1) is 15.3. The highest BCUT2D eigenvalue weighted by Gasteiger charge is 2.22. The van der Waals surface area contributed by atoms with E-state index in [9.17, 15) is 4.79 Å². The van der Waals surface area contributed by atoms with Gasteiger partial charge in [0.2, 0.25) is 0 Å². The van der Waals surface area contributed by atoms with Crippen LogP contribution in [0.2, 0.25) is 5.02 Å². The van der Waals surface area contributed by atoms with Crippen LogP contribution < -0.4 is 5.32 Å². The van der Waals surface area contributed by atoms with Crippen LogP contribution in [0.25, 0.3) is 10.6 Å². The summed E-state index contributed by atoms with van der Waals surface area (Å²) in [5.74, 6) is 0.214. The summed E-state index contributed by atoms with van der Waals surface area (Å²) in [5, 5.41) is 7.45. The van der Waals surface area contributed by atoms with Crippen molar-refractivity contribution in [1.29, 1.82) is 0 Å². The second kappa shape index (κ2) is 6.24. The van der Waals surface area contributed by atoms with Crippen LogP contribution in [0.4, 0.5) is 5.69 Å². The van der Waals surface area contributed by atoms with Gasteiger partial charge in [-0.2, -0.15) is 0 Å². The Labute approximate surface area is 144 Å². The fourth-order valence-corrected chi connectivity index (χ4v) is 3.48. The fourth-order valence-electron chi connectivity index (χ4n) is 1.98. The number of amides is 1. The van der Waals surface area contributed by atoms with E-state index in [1.165, 1.54) is 11.3 Å². The van der Waals surface area contributed by atoms with E-state index in [-0.39, 0.29) is 5.91 Å². The summed E-state index contributed by atoms with van der Waals surface area (Å²) in [5.41, 5.74) is 1.64. The molecule has 0 unspecified atom stereocenters. The topological polar surface area (TPSA) is 55.1 Å². The van der Waals surface area contributed by atoms with Gasteiger partial charge in [-0.05, 0) is 59.3 Å². The number of benzene rings is 1. The van der Waals surface area contributed by atoms with E-state index in [0.29, 0.717) is 27.7 Å². The van der Waals surface area contributed by atoms with Gasteiger partial charge in [0.15, 0.2) is 0 Å². The minimum Gasteiger partial charge on any atom is -0.360 e. The lowest BCUT2D eigenvalue weighted by atomic mass is 10.1. The molecule has 112 valence electrons. The first-order valence-electron chi connectivity index (χ1n) is 6.33. The number of hydrogen-bond acceptors (Lipinski definition) is 4. The van der Waals surface area contributed by atoms with Crippen molar-refractivity contribution in [2.45, 2.75) is 6.92 Å². The Morgan fingerprint density at radius 1 is 1.27 bits per heavy atom.